The number of nitrogens with zero attached hydrogens (tertiary/aromatic N) is 3. The summed E-state index contributed by atoms with van der Waals surface area (Å²) in [5.41, 5.74) is 1.79. The predicted octanol–water partition coefficient (Wildman–Crippen LogP) is 4.08. The fourth-order valence-corrected chi connectivity index (χ4v) is 4.70. The van der Waals surface area contributed by atoms with Gasteiger partial charge in [0.1, 0.15) is 21.5 Å². The summed E-state index contributed by atoms with van der Waals surface area (Å²) in [6.07, 6.45) is 4.55. The molecule has 1 fully saturated rings. The van der Waals surface area contributed by atoms with Crippen LogP contribution in [0.5, 0.6) is 5.75 Å². The molecule has 1 saturated heterocycles. The molecule has 8 heteroatoms. The first-order chi connectivity index (χ1) is 14.2. The monoisotopic (exact) mass is 429 g/mol. The Morgan fingerprint density at radius 3 is 2.69 bits per heavy atom. The number of rotatable bonds is 5. The SMILES string of the molecule is COc1ccc(C2CC(c3ccco3)=NN2C(=O)CSC(=S)N2CCCC2)cc1. The van der Waals surface area contributed by atoms with Gasteiger partial charge in [0.05, 0.1) is 25.2 Å². The third kappa shape index (κ3) is 4.48. The Kier molecular flexibility index (Phi) is 6.20. The van der Waals surface area contributed by atoms with Crippen LogP contribution in [0.3, 0.4) is 0 Å². The number of furan rings is 1. The van der Waals surface area contributed by atoms with E-state index in [1.807, 2.05) is 36.4 Å². The molecule has 2 aliphatic heterocycles. The third-order valence-corrected chi connectivity index (χ3v) is 6.66. The van der Waals surface area contributed by atoms with Crippen LogP contribution in [0.2, 0.25) is 0 Å². The Labute approximate surface area is 179 Å². The second-order valence-corrected chi connectivity index (χ2v) is 8.61. The highest BCUT2D eigenvalue weighted by molar-refractivity contribution is 8.23. The molecule has 152 valence electrons. The van der Waals surface area contributed by atoms with Crippen LogP contribution in [-0.4, -0.2) is 51.8 Å². The van der Waals surface area contributed by atoms with E-state index in [1.54, 1.807) is 18.4 Å². The predicted molar refractivity (Wildman–Crippen MR) is 118 cm³/mol. The van der Waals surface area contributed by atoms with E-state index in [4.69, 9.17) is 21.4 Å². The van der Waals surface area contributed by atoms with Gasteiger partial charge in [-0.3, -0.25) is 4.79 Å². The smallest absolute Gasteiger partial charge is 0.253 e. The van der Waals surface area contributed by atoms with Crippen LogP contribution < -0.4 is 4.74 Å². The van der Waals surface area contributed by atoms with E-state index in [9.17, 15) is 4.79 Å². The molecule has 2 aliphatic rings. The molecule has 2 aromatic rings. The summed E-state index contributed by atoms with van der Waals surface area (Å²) < 4.78 is 11.6. The van der Waals surface area contributed by atoms with Gasteiger partial charge in [0.25, 0.3) is 5.91 Å². The quantitative estimate of drug-likeness (QED) is 0.668. The van der Waals surface area contributed by atoms with Crippen molar-refractivity contribution in [2.75, 3.05) is 26.0 Å². The van der Waals surface area contributed by atoms with E-state index < -0.39 is 0 Å². The molecule has 0 spiro atoms. The number of amides is 1. The standard InChI is InChI=1S/C21H23N3O3S2/c1-26-16-8-6-15(7-9-16)18-13-17(19-5-4-12-27-19)22-24(18)20(25)14-29-21(28)23-10-2-3-11-23/h4-9,12,18H,2-3,10-11,13-14H2,1H3. The number of thiocarbonyl (C=S) groups is 1. The van der Waals surface area contributed by atoms with Gasteiger partial charge in [-0.2, -0.15) is 5.10 Å². The maximum Gasteiger partial charge on any atom is 0.253 e. The molecule has 0 saturated carbocycles. The number of hydrogen-bond donors (Lipinski definition) is 0. The first-order valence-electron chi connectivity index (χ1n) is 9.65. The summed E-state index contributed by atoms with van der Waals surface area (Å²) in [5.74, 6) is 1.69. The molecule has 1 unspecified atom stereocenters. The number of thioether (sulfide) groups is 1. The molecule has 0 aliphatic carbocycles. The molecule has 6 nitrogen and oxygen atoms in total. The minimum atomic E-state index is -0.172. The van der Waals surface area contributed by atoms with E-state index in [0.717, 1.165) is 47.3 Å². The second kappa shape index (κ2) is 9.00. The second-order valence-electron chi connectivity index (χ2n) is 7.00. The lowest BCUT2D eigenvalue weighted by molar-refractivity contribution is -0.130. The molecular weight excluding hydrogens is 406 g/mol. The molecule has 4 rings (SSSR count). The van der Waals surface area contributed by atoms with Crippen LogP contribution in [0, 0.1) is 0 Å². The third-order valence-electron chi connectivity index (χ3n) is 5.16. The number of benzene rings is 1. The molecular formula is C21H23N3O3S2. The lowest BCUT2D eigenvalue weighted by Gasteiger charge is -2.23. The van der Waals surface area contributed by atoms with Crippen molar-refractivity contribution in [3.05, 3.63) is 54.0 Å². The average Bonchev–Trinajstić information content (AvgIpc) is 3.52. The van der Waals surface area contributed by atoms with Gasteiger partial charge in [-0.05, 0) is 42.7 Å². The summed E-state index contributed by atoms with van der Waals surface area (Å²) >= 11 is 6.92. The fourth-order valence-electron chi connectivity index (χ4n) is 3.60. The van der Waals surface area contributed by atoms with Crippen LogP contribution in [0.4, 0.5) is 0 Å². The first kappa shape index (κ1) is 20.0. The summed E-state index contributed by atoms with van der Waals surface area (Å²) in [4.78, 5) is 15.2. The molecule has 0 bridgehead atoms. The number of hydrazone groups is 1. The lowest BCUT2D eigenvalue weighted by Crippen LogP contribution is -2.30. The number of likely N-dealkylation sites (tertiary alicyclic amines) is 1. The Balaban J connectivity index is 1.50. The van der Waals surface area contributed by atoms with Gasteiger partial charge in [0.2, 0.25) is 0 Å². The molecule has 1 aromatic carbocycles. The number of carbonyl (C=O) groups excluding carboxylic acids is 1. The Morgan fingerprint density at radius 2 is 2.03 bits per heavy atom. The maximum absolute atomic E-state index is 13.1. The Morgan fingerprint density at radius 1 is 1.28 bits per heavy atom. The number of carbonyl (C=O) groups is 1. The lowest BCUT2D eigenvalue weighted by atomic mass is 10.0. The van der Waals surface area contributed by atoms with E-state index in [1.165, 1.54) is 11.8 Å². The highest BCUT2D eigenvalue weighted by Gasteiger charge is 2.34. The normalized spacial score (nSPS) is 18.8. The zero-order valence-electron chi connectivity index (χ0n) is 16.2. The summed E-state index contributed by atoms with van der Waals surface area (Å²) in [6.45, 7) is 1.97. The molecule has 3 heterocycles. The van der Waals surface area contributed by atoms with Crippen molar-refractivity contribution in [3.8, 4) is 5.75 Å². The van der Waals surface area contributed by atoms with Crippen molar-refractivity contribution in [3.63, 3.8) is 0 Å². The average molecular weight is 430 g/mol. The molecule has 1 amide bonds. The highest BCUT2D eigenvalue weighted by atomic mass is 32.2. The van der Waals surface area contributed by atoms with Crippen molar-refractivity contribution in [1.82, 2.24) is 9.91 Å². The molecule has 1 aromatic heterocycles. The van der Waals surface area contributed by atoms with Crippen LogP contribution in [-0.2, 0) is 4.79 Å². The van der Waals surface area contributed by atoms with Crippen LogP contribution in [0.15, 0.2) is 52.2 Å². The van der Waals surface area contributed by atoms with Crippen molar-refractivity contribution < 1.29 is 13.9 Å². The zero-order chi connectivity index (χ0) is 20.2. The van der Waals surface area contributed by atoms with Crippen LogP contribution >= 0.6 is 24.0 Å². The van der Waals surface area contributed by atoms with Crippen molar-refractivity contribution >= 4 is 39.9 Å². The molecule has 29 heavy (non-hydrogen) atoms. The minimum Gasteiger partial charge on any atom is -0.497 e. The van der Waals surface area contributed by atoms with E-state index >= 15 is 0 Å². The maximum atomic E-state index is 13.1. The number of ether oxygens (including phenoxy) is 1. The molecule has 0 N–H and O–H groups in total. The summed E-state index contributed by atoms with van der Waals surface area (Å²) in [6, 6.07) is 11.3. The highest BCUT2D eigenvalue weighted by Crippen LogP contribution is 2.34. The summed E-state index contributed by atoms with van der Waals surface area (Å²) in [5, 5.41) is 6.19. The van der Waals surface area contributed by atoms with Gasteiger partial charge in [-0.25, -0.2) is 5.01 Å². The molecule has 1 atom stereocenters. The van der Waals surface area contributed by atoms with Gasteiger partial charge in [0.15, 0.2) is 0 Å². The largest absolute Gasteiger partial charge is 0.497 e. The van der Waals surface area contributed by atoms with Gasteiger partial charge in [-0.1, -0.05) is 36.1 Å². The van der Waals surface area contributed by atoms with E-state index in [-0.39, 0.29) is 17.7 Å². The minimum absolute atomic E-state index is 0.0566. The number of methoxy groups -OCH3 is 1. The Hall–Kier alpha value is -2.32. The Bertz CT molecular complexity index is 890. The van der Waals surface area contributed by atoms with Gasteiger partial charge in [0, 0.05) is 19.5 Å². The zero-order valence-corrected chi connectivity index (χ0v) is 17.9. The topological polar surface area (TPSA) is 58.3 Å². The van der Waals surface area contributed by atoms with E-state index in [2.05, 4.69) is 10.0 Å². The van der Waals surface area contributed by atoms with Crippen molar-refractivity contribution in [1.29, 1.82) is 0 Å². The van der Waals surface area contributed by atoms with Crippen molar-refractivity contribution in [2.24, 2.45) is 5.10 Å². The molecule has 0 radical (unpaired) electrons. The van der Waals surface area contributed by atoms with Gasteiger partial charge >= 0.3 is 0 Å². The van der Waals surface area contributed by atoms with Crippen LogP contribution in [0.1, 0.15) is 36.6 Å². The van der Waals surface area contributed by atoms with Crippen LogP contribution in [0.25, 0.3) is 0 Å². The number of hydrogen-bond acceptors (Lipinski definition) is 6. The van der Waals surface area contributed by atoms with Crippen molar-refractivity contribution in [2.45, 2.75) is 25.3 Å². The van der Waals surface area contributed by atoms with E-state index in [0.29, 0.717) is 12.2 Å². The van der Waals surface area contributed by atoms with Gasteiger partial charge in [-0.15, -0.1) is 0 Å². The summed E-state index contributed by atoms with van der Waals surface area (Å²) in [7, 11) is 1.64. The first-order valence-corrected chi connectivity index (χ1v) is 11.0. The fraction of sp³-hybridized carbons (Fsp3) is 0.381. The van der Waals surface area contributed by atoms with Gasteiger partial charge < -0.3 is 14.1 Å².